The number of nitro groups is 1. The van der Waals surface area contributed by atoms with Crippen molar-refractivity contribution in [3.05, 3.63) is 56.3 Å². The van der Waals surface area contributed by atoms with Crippen LogP contribution in [0.3, 0.4) is 0 Å². The Labute approximate surface area is 185 Å². The Morgan fingerprint density at radius 1 is 1.16 bits per heavy atom. The van der Waals surface area contributed by atoms with Gasteiger partial charge in [-0.15, -0.1) is 11.3 Å². The van der Waals surface area contributed by atoms with E-state index in [4.69, 9.17) is 4.74 Å². The molecular weight excluding hydrogens is 416 g/mol. The lowest BCUT2D eigenvalue weighted by Gasteiger charge is -2.34. The molecular formula is C22H28N4O4S. The van der Waals surface area contributed by atoms with Crippen molar-refractivity contribution in [1.29, 1.82) is 0 Å². The highest BCUT2D eigenvalue weighted by Crippen LogP contribution is 2.31. The number of hydrogen-bond donors (Lipinski definition) is 1. The Hall–Kier alpha value is -2.49. The number of amides is 1. The molecule has 31 heavy (non-hydrogen) atoms. The number of nitrogens with zero attached hydrogens (tertiary/aromatic N) is 3. The van der Waals surface area contributed by atoms with Crippen LogP contribution < -0.4 is 10.2 Å². The molecule has 3 heterocycles. The highest BCUT2D eigenvalue weighted by molar-refractivity contribution is 7.10. The molecule has 1 N–H and O–H groups in total. The summed E-state index contributed by atoms with van der Waals surface area (Å²) in [5.74, 6) is -0.289. The predicted molar refractivity (Wildman–Crippen MR) is 121 cm³/mol. The average molecular weight is 445 g/mol. The van der Waals surface area contributed by atoms with E-state index >= 15 is 0 Å². The minimum atomic E-state index is -0.386. The summed E-state index contributed by atoms with van der Waals surface area (Å²) < 4.78 is 5.47. The van der Waals surface area contributed by atoms with Crippen molar-refractivity contribution in [2.75, 3.05) is 50.8 Å². The van der Waals surface area contributed by atoms with Crippen LogP contribution in [0.5, 0.6) is 0 Å². The maximum absolute atomic E-state index is 12.9. The number of carbonyl (C=O) groups is 1. The number of anilines is 1. The molecule has 4 rings (SSSR count). The van der Waals surface area contributed by atoms with Crippen molar-refractivity contribution < 1.29 is 14.5 Å². The third kappa shape index (κ3) is 5.23. The van der Waals surface area contributed by atoms with Crippen molar-refractivity contribution in [3.8, 4) is 0 Å². The van der Waals surface area contributed by atoms with E-state index in [0.717, 1.165) is 45.4 Å². The fourth-order valence-corrected chi connectivity index (χ4v) is 5.15. The number of nitro benzene ring substituents is 1. The Balaban J connectivity index is 1.48. The zero-order valence-corrected chi connectivity index (χ0v) is 18.3. The fourth-order valence-electron chi connectivity index (χ4n) is 4.28. The number of ether oxygens (including phenoxy) is 1. The number of rotatable bonds is 7. The van der Waals surface area contributed by atoms with Crippen LogP contribution in [0.4, 0.5) is 11.4 Å². The molecule has 0 bridgehead atoms. The molecule has 2 aromatic rings. The Morgan fingerprint density at radius 3 is 2.61 bits per heavy atom. The molecule has 0 aliphatic carbocycles. The lowest BCUT2D eigenvalue weighted by atomic mass is 10.1. The summed E-state index contributed by atoms with van der Waals surface area (Å²) in [4.78, 5) is 29.7. The molecule has 1 amide bonds. The average Bonchev–Trinajstić information content (AvgIpc) is 3.34. The van der Waals surface area contributed by atoms with E-state index in [2.05, 4.69) is 21.2 Å². The fraction of sp³-hybridized carbons (Fsp3) is 0.500. The first-order valence-corrected chi connectivity index (χ1v) is 11.7. The van der Waals surface area contributed by atoms with Crippen molar-refractivity contribution in [3.63, 3.8) is 0 Å². The Morgan fingerprint density at radius 2 is 1.94 bits per heavy atom. The number of morpholine rings is 1. The van der Waals surface area contributed by atoms with Crippen LogP contribution in [-0.2, 0) is 4.74 Å². The minimum absolute atomic E-state index is 0.00228. The molecule has 1 aromatic carbocycles. The largest absolute Gasteiger partial charge is 0.379 e. The van der Waals surface area contributed by atoms with Crippen LogP contribution in [0.15, 0.2) is 35.7 Å². The van der Waals surface area contributed by atoms with Crippen molar-refractivity contribution in [2.24, 2.45) is 0 Å². The van der Waals surface area contributed by atoms with E-state index in [1.807, 2.05) is 11.4 Å². The molecule has 0 radical (unpaired) electrons. The molecule has 166 valence electrons. The van der Waals surface area contributed by atoms with Gasteiger partial charge in [0.1, 0.15) is 5.69 Å². The zero-order chi connectivity index (χ0) is 21.6. The van der Waals surface area contributed by atoms with E-state index in [9.17, 15) is 14.9 Å². The van der Waals surface area contributed by atoms with E-state index in [1.165, 1.54) is 10.9 Å². The molecule has 9 heteroatoms. The molecule has 2 fully saturated rings. The van der Waals surface area contributed by atoms with Gasteiger partial charge in [0.15, 0.2) is 0 Å². The van der Waals surface area contributed by atoms with Crippen LogP contribution in [0.1, 0.15) is 40.5 Å². The number of nitrogens with one attached hydrogen (secondary N) is 1. The highest BCUT2D eigenvalue weighted by Gasteiger charge is 2.26. The molecule has 0 saturated carbocycles. The predicted octanol–water partition coefficient (Wildman–Crippen LogP) is 3.45. The summed E-state index contributed by atoms with van der Waals surface area (Å²) in [5, 5.41) is 16.7. The van der Waals surface area contributed by atoms with Gasteiger partial charge in [0, 0.05) is 49.2 Å². The highest BCUT2D eigenvalue weighted by atomic mass is 32.1. The topological polar surface area (TPSA) is 88.0 Å². The normalized spacial score (nSPS) is 18.5. The second-order valence-corrected chi connectivity index (χ2v) is 8.88. The molecule has 2 aliphatic heterocycles. The van der Waals surface area contributed by atoms with Crippen LogP contribution in [0.2, 0.25) is 0 Å². The minimum Gasteiger partial charge on any atom is -0.379 e. The summed E-state index contributed by atoms with van der Waals surface area (Å²) in [6, 6.07) is 8.98. The Kier molecular flexibility index (Phi) is 7.16. The van der Waals surface area contributed by atoms with Crippen molar-refractivity contribution in [1.82, 2.24) is 10.2 Å². The first-order chi connectivity index (χ1) is 15.1. The number of thiophene rings is 1. The number of hydrogen-bond acceptors (Lipinski definition) is 7. The SMILES string of the molecule is O=C(NC[C@@H](c1cccs1)N1CCOCC1)c1ccc(N2CCCCC2)c([N+](=O)[O-])c1. The summed E-state index contributed by atoms with van der Waals surface area (Å²) in [6.45, 7) is 5.06. The van der Waals surface area contributed by atoms with Gasteiger partial charge in [0.05, 0.1) is 24.2 Å². The third-order valence-corrected chi connectivity index (χ3v) is 6.92. The quantitative estimate of drug-likeness (QED) is 0.520. The Bertz CT molecular complexity index is 893. The van der Waals surface area contributed by atoms with Gasteiger partial charge in [-0.3, -0.25) is 19.8 Å². The van der Waals surface area contributed by atoms with Crippen LogP contribution in [0.25, 0.3) is 0 Å². The van der Waals surface area contributed by atoms with Gasteiger partial charge >= 0.3 is 0 Å². The summed E-state index contributed by atoms with van der Waals surface area (Å²) >= 11 is 1.67. The van der Waals surface area contributed by atoms with Gasteiger partial charge in [0.2, 0.25) is 0 Å². The molecule has 2 saturated heterocycles. The van der Waals surface area contributed by atoms with Gasteiger partial charge in [-0.25, -0.2) is 0 Å². The van der Waals surface area contributed by atoms with Crippen LogP contribution >= 0.6 is 11.3 Å². The second kappa shape index (κ2) is 10.2. The van der Waals surface area contributed by atoms with Crippen molar-refractivity contribution >= 4 is 28.6 Å². The van der Waals surface area contributed by atoms with Crippen LogP contribution in [0, 0.1) is 10.1 Å². The van der Waals surface area contributed by atoms with Gasteiger partial charge < -0.3 is 15.0 Å². The number of piperidine rings is 1. The van der Waals surface area contributed by atoms with Gasteiger partial charge in [-0.1, -0.05) is 6.07 Å². The maximum Gasteiger partial charge on any atom is 0.293 e. The number of carbonyl (C=O) groups excluding carboxylic acids is 1. The standard InChI is InChI=1S/C22H28N4O4S/c27-22(23-16-20(21-5-4-14-31-21)25-10-12-30-13-11-25)17-6-7-18(19(15-17)26(28)29)24-8-2-1-3-9-24/h4-7,14-15,20H,1-3,8-13,16H2,(H,23,27)/t20-/m0/s1. The van der Waals surface area contributed by atoms with Gasteiger partial charge in [0.25, 0.3) is 11.6 Å². The lowest BCUT2D eigenvalue weighted by Crippen LogP contribution is -2.43. The first kappa shape index (κ1) is 21.7. The first-order valence-electron chi connectivity index (χ1n) is 10.8. The third-order valence-electron chi connectivity index (χ3n) is 5.95. The molecule has 1 aromatic heterocycles. The molecule has 0 unspecified atom stereocenters. The number of benzene rings is 1. The zero-order valence-electron chi connectivity index (χ0n) is 17.5. The molecule has 1 atom stereocenters. The van der Waals surface area contributed by atoms with E-state index < -0.39 is 0 Å². The van der Waals surface area contributed by atoms with Crippen molar-refractivity contribution in [2.45, 2.75) is 25.3 Å². The summed E-state index contributed by atoms with van der Waals surface area (Å²) in [5.41, 5.74) is 0.919. The van der Waals surface area contributed by atoms with Gasteiger partial charge in [-0.2, -0.15) is 0 Å². The van der Waals surface area contributed by atoms with E-state index in [1.54, 1.807) is 23.5 Å². The molecule has 2 aliphatic rings. The van der Waals surface area contributed by atoms with Gasteiger partial charge in [-0.05, 0) is 42.8 Å². The summed E-state index contributed by atoms with van der Waals surface area (Å²) in [7, 11) is 0. The lowest BCUT2D eigenvalue weighted by molar-refractivity contribution is -0.384. The molecule has 8 nitrogen and oxygen atoms in total. The summed E-state index contributed by atoms with van der Waals surface area (Å²) in [6.07, 6.45) is 3.22. The van der Waals surface area contributed by atoms with Crippen LogP contribution in [-0.4, -0.2) is 61.7 Å². The second-order valence-electron chi connectivity index (χ2n) is 7.90. The molecule has 0 spiro atoms. The maximum atomic E-state index is 12.9. The van der Waals surface area contributed by atoms with E-state index in [0.29, 0.717) is 31.0 Å². The smallest absolute Gasteiger partial charge is 0.293 e. The monoisotopic (exact) mass is 444 g/mol. The van der Waals surface area contributed by atoms with E-state index in [-0.39, 0.29) is 22.6 Å².